The van der Waals surface area contributed by atoms with Crippen molar-refractivity contribution in [1.82, 2.24) is 4.90 Å². The second-order valence-corrected chi connectivity index (χ2v) is 3.33. The summed E-state index contributed by atoms with van der Waals surface area (Å²) in [4.78, 5) is 2.17. The predicted molar refractivity (Wildman–Crippen MR) is 48.1 cm³/mol. The molecule has 0 aliphatic rings. The largest absolute Gasteiger partial charge is 0.306 e. The SMILES string of the molecule is CN(C)C(CCCl)CCCl. The highest BCUT2D eigenvalue weighted by atomic mass is 35.5. The van der Waals surface area contributed by atoms with Crippen molar-refractivity contribution in [2.45, 2.75) is 18.9 Å². The molecule has 0 N–H and O–H groups in total. The Balaban J connectivity index is 3.50. The molecule has 3 heteroatoms. The average molecular weight is 184 g/mol. The first kappa shape index (κ1) is 10.5. The van der Waals surface area contributed by atoms with Crippen LogP contribution in [0.4, 0.5) is 0 Å². The van der Waals surface area contributed by atoms with E-state index in [0.717, 1.165) is 24.6 Å². The lowest BCUT2D eigenvalue weighted by Crippen LogP contribution is -2.28. The van der Waals surface area contributed by atoms with E-state index in [-0.39, 0.29) is 0 Å². The Morgan fingerprint density at radius 2 is 1.50 bits per heavy atom. The standard InChI is InChI=1S/C7H15Cl2N/c1-10(2)7(3-5-8)4-6-9/h7H,3-6H2,1-2H3. The quantitative estimate of drug-likeness (QED) is 0.592. The van der Waals surface area contributed by atoms with Crippen LogP contribution in [0.25, 0.3) is 0 Å². The van der Waals surface area contributed by atoms with Crippen LogP contribution in [0.5, 0.6) is 0 Å². The Labute approximate surface area is 73.3 Å². The molecule has 0 radical (unpaired) electrons. The van der Waals surface area contributed by atoms with Gasteiger partial charge in [-0.05, 0) is 26.9 Å². The van der Waals surface area contributed by atoms with Gasteiger partial charge in [-0.15, -0.1) is 23.2 Å². The number of hydrogen-bond acceptors (Lipinski definition) is 1. The summed E-state index contributed by atoms with van der Waals surface area (Å²) in [7, 11) is 4.12. The molecule has 0 unspecified atom stereocenters. The van der Waals surface area contributed by atoms with Gasteiger partial charge in [0.1, 0.15) is 0 Å². The zero-order valence-corrected chi connectivity index (χ0v) is 8.12. The van der Waals surface area contributed by atoms with E-state index in [2.05, 4.69) is 19.0 Å². The van der Waals surface area contributed by atoms with E-state index in [1.54, 1.807) is 0 Å². The van der Waals surface area contributed by atoms with Crippen molar-refractivity contribution in [1.29, 1.82) is 0 Å². The second kappa shape index (κ2) is 6.26. The van der Waals surface area contributed by atoms with Crippen LogP contribution in [-0.4, -0.2) is 36.8 Å². The van der Waals surface area contributed by atoms with Crippen molar-refractivity contribution in [3.63, 3.8) is 0 Å². The topological polar surface area (TPSA) is 3.24 Å². The van der Waals surface area contributed by atoms with Crippen LogP contribution in [0.1, 0.15) is 12.8 Å². The number of alkyl halides is 2. The minimum absolute atomic E-state index is 0.551. The van der Waals surface area contributed by atoms with E-state index in [1.807, 2.05) is 0 Å². The van der Waals surface area contributed by atoms with Crippen molar-refractivity contribution in [2.24, 2.45) is 0 Å². The van der Waals surface area contributed by atoms with E-state index < -0.39 is 0 Å². The Hall–Kier alpha value is 0.540. The number of nitrogens with zero attached hydrogens (tertiary/aromatic N) is 1. The molecular formula is C7H15Cl2N. The summed E-state index contributed by atoms with van der Waals surface area (Å²) in [6.07, 6.45) is 2.06. The fourth-order valence-electron chi connectivity index (χ4n) is 0.913. The molecule has 0 aliphatic carbocycles. The minimum atomic E-state index is 0.551. The van der Waals surface area contributed by atoms with Crippen LogP contribution in [0.15, 0.2) is 0 Å². The Morgan fingerprint density at radius 1 is 1.10 bits per heavy atom. The molecule has 0 bridgehead atoms. The first-order valence-corrected chi connectivity index (χ1v) is 4.57. The van der Waals surface area contributed by atoms with E-state index in [4.69, 9.17) is 23.2 Å². The molecule has 0 aromatic rings. The average Bonchev–Trinajstić information content (AvgIpc) is 1.87. The van der Waals surface area contributed by atoms with E-state index >= 15 is 0 Å². The third kappa shape index (κ3) is 4.37. The van der Waals surface area contributed by atoms with E-state index in [0.29, 0.717) is 6.04 Å². The first-order valence-electron chi connectivity index (χ1n) is 3.50. The highest BCUT2D eigenvalue weighted by molar-refractivity contribution is 6.18. The molecule has 0 atom stereocenters. The van der Waals surface area contributed by atoms with Crippen molar-refractivity contribution in [3.05, 3.63) is 0 Å². The molecule has 0 rings (SSSR count). The van der Waals surface area contributed by atoms with Crippen LogP contribution in [0, 0.1) is 0 Å². The Kier molecular flexibility index (Phi) is 6.60. The van der Waals surface area contributed by atoms with Gasteiger partial charge in [0.15, 0.2) is 0 Å². The third-order valence-corrected chi connectivity index (χ3v) is 2.05. The highest BCUT2D eigenvalue weighted by Gasteiger charge is 2.08. The molecule has 1 nitrogen and oxygen atoms in total. The van der Waals surface area contributed by atoms with Crippen LogP contribution < -0.4 is 0 Å². The monoisotopic (exact) mass is 183 g/mol. The zero-order chi connectivity index (χ0) is 7.98. The second-order valence-electron chi connectivity index (χ2n) is 2.57. The van der Waals surface area contributed by atoms with Gasteiger partial charge < -0.3 is 4.90 Å². The lowest BCUT2D eigenvalue weighted by molar-refractivity contribution is 0.281. The number of rotatable bonds is 5. The van der Waals surface area contributed by atoms with Crippen molar-refractivity contribution >= 4 is 23.2 Å². The minimum Gasteiger partial charge on any atom is -0.306 e. The summed E-state index contributed by atoms with van der Waals surface area (Å²) in [5.41, 5.74) is 0. The highest BCUT2D eigenvalue weighted by Crippen LogP contribution is 2.06. The summed E-state index contributed by atoms with van der Waals surface area (Å²) in [6.45, 7) is 0. The fourth-order valence-corrected chi connectivity index (χ4v) is 1.42. The molecule has 0 fully saturated rings. The molecule has 0 spiro atoms. The molecule has 0 aliphatic heterocycles. The van der Waals surface area contributed by atoms with Gasteiger partial charge in [0.25, 0.3) is 0 Å². The van der Waals surface area contributed by atoms with Gasteiger partial charge in [0.05, 0.1) is 0 Å². The predicted octanol–water partition coefficient (Wildman–Crippen LogP) is 2.17. The molecule has 10 heavy (non-hydrogen) atoms. The van der Waals surface area contributed by atoms with Crippen LogP contribution >= 0.6 is 23.2 Å². The summed E-state index contributed by atoms with van der Waals surface area (Å²) >= 11 is 11.2. The maximum Gasteiger partial charge on any atom is 0.0238 e. The Morgan fingerprint density at radius 3 is 1.70 bits per heavy atom. The number of hydrogen-bond donors (Lipinski definition) is 0. The van der Waals surface area contributed by atoms with Crippen LogP contribution in [0.2, 0.25) is 0 Å². The van der Waals surface area contributed by atoms with Crippen molar-refractivity contribution < 1.29 is 0 Å². The normalized spacial score (nSPS) is 11.4. The third-order valence-electron chi connectivity index (χ3n) is 1.61. The molecule has 0 amide bonds. The molecule has 0 saturated carbocycles. The maximum atomic E-state index is 5.61. The Bertz CT molecular complexity index is 70.0. The van der Waals surface area contributed by atoms with Gasteiger partial charge in [-0.1, -0.05) is 0 Å². The van der Waals surface area contributed by atoms with Gasteiger partial charge in [0, 0.05) is 17.8 Å². The molecule has 0 saturated heterocycles. The maximum absolute atomic E-state index is 5.61. The lowest BCUT2D eigenvalue weighted by Gasteiger charge is -2.22. The van der Waals surface area contributed by atoms with Crippen LogP contribution in [-0.2, 0) is 0 Å². The lowest BCUT2D eigenvalue weighted by atomic mass is 10.1. The van der Waals surface area contributed by atoms with Crippen LogP contribution in [0.3, 0.4) is 0 Å². The zero-order valence-electron chi connectivity index (χ0n) is 6.61. The number of halogens is 2. The van der Waals surface area contributed by atoms with Gasteiger partial charge in [0.2, 0.25) is 0 Å². The summed E-state index contributed by atoms with van der Waals surface area (Å²) in [5.74, 6) is 1.44. The van der Waals surface area contributed by atoms with E-state index in [1.165, 1.54) is 0 Å². The van der Waals surface area contributed by atoms with Crippen molar-refractivity contribution in [2.75, 3.05) is 25.9 Å². The summed E-state index contributed by atoms with van der Waals surface area (Å²) < 4.78 is 0. The smallest absolute Gasteiger partial charge is 0.0238 e. The van der Waals surface area contributed by atoms with Gasteiger partial charge in [-0.2, -0.15) is 0 Å². The first-order chi connectivity index (χ1) is 4.72. The van der Waals surface area contributed by atoms with E-state index in [9.17, 15) is 0 Å². The van der Waals surface area contributed by atoms with Gasteiger partial charge in [-0.3, -0.25) is 0 Å². The van der Waals surface area contributed by atoms with Gasteiger partial charge in [-0.25, -0.2) is 0 Å². The summed E-state index contributed by atoms with van der Waals surface area (Å²) in [6, 6.07) is 0.551. The summed E-state index contributed by atoms with van der Waals surface area (Å²) in [5, 5.41) is 0. The molecule has 0 heterocycles. The molecule has 0 aromatic heterocycles. The molecular weight excluding hydrogens is 169 g/mol. The van der Waals surface area contributed by atoms with Crippen molar-refractivity contribution in [3.8, 4) is 0 Å². The molecule has 62 valence electrons. The van der Waals surface area contributed by atoms with Gasteiger partial charge >= 0.3 is 0 Å². The molecule has 0 aromatic carbocycles. The fraction of sp³-hybridized carbons (Fsp3) is 1.00.